The Balaban J connectivity index is 1.68. The number of carbonyl (C=O) groups excluding carboxylic acids is 2. The molecular weight excluding hydrogens is 464 g/mol. The van der Waals surface area contributed by atoms with Crippen molar-refractivity contribution in [1.82, 2.24) is 5.32 Å². The summed E-state index contributed by atoms with van der Waals surface area (Å²) in [7, 11) is 3.56. The molecule has 37 heavy (non-hydrogen) atoms. The van der Waals surface area contributed by atoms with E-state index in [2.05, 4.69) is 70.3 Å². The van der Waals surface area contributed by atoms with Crippen molar-refractivity contribution >= 4 is 17.5 Å². The van der Waals surface area contributed by atoms with Crippen LogP contribution >= 0.6 is 0 Å². The van der Waals surface area contributed by atoms with Gasteiger partial charge in [-0.3, -0.25) is 9.59 Å². The molecule has 0 radical (unpaired) electrons. The van der Waals surface area contributed by atoms with Crippen molar-refractivity contribution in [2.75, 3.05) is 19.1 Å². The minimum atomic E-state index is -0.318. The lowest BCUT2D eigenvalue weighted by Crippen LogP contribution is -2.47. The molecule has 202 valence electrons. The lowest BCUT2D eigenvalue weighted by Gasteiger charge is -2.35. The first-order valence-electron chi connectivity index (χ1n) is 13.8. The van der Waals surface area contributed by atoms with Crippen LogP contribution in [-0.4, -0.2) is 43.7 Å². The van der Waals surface area contributed by atoms with Gasteiger partial charge in [-0.05, 0) is 75.0 Å². The van der Waals surface area contributed by atoms with E-state index in [1.165, 1.54) is 5.57 Å². The van der Waals surface area contributed by atoms with E-state index in [1.54, 1.807) is 12.0 Å². The third-order valence-electron chi connectivity index (χ3n) is 8.82. The molecule has 1 aromatic carbocycles. The van der Waals surface area contributed by atoms with Gasteiger partial charge in [-0.2, -0.15) is 0 Å². The predicted octanol–water partition coefficient (Wildman–Crippen LogP) is 5.38. The molecule has 3 heterocycles. The standard InChI is InChI=1S/C31H44N2O4/c1-8-24-26-15-22(16-27(24)36-7)14-19(2)10-9-11-20(3)25-17-23(18-28(34)32-25)21(4)30-31(5,37-30)13-12-29(35)33(26)6/h9-11,15-16,20-21,23,25,30H,8,12-14,17-18H2,1-7H3,(H,32,34)/b11-9+,19-10+/t20?,21-,23?,25?,30+,31+/m1/s1. The normalized spacial score (nSPS) is 35.2. The van der Waals surface area contributed by atoms with Gasteiger partial charge in [-0.1, -0.05) is 44.6 Å². The fourth-order valence-electron chi connectivity index (χ4n) is 6.28. The van der Waals surface area contributed by atoms with Gasteiger partial charge in [0.1, 0.15) is 5.75 Å². The zero-order valence-corrected chi connectivity index (χ0v) is 23.6. The lowest BCUT2D eigenvalue weighted by molar-refractivity contribution is -0.126. The predicted molar refractivity (Wildman–Crippen MR) is 148 cm³/mol. The van der Waals surface area contributed by atoms with E-state index >= 15 is 0 Å². The van der Waals surface area contributed by atoms with Crippen LogP contribution in [0.25, 0.3) is 0 Å². The number of fused-ring (bicyclic) bond motifs is 5. The van der Waals surface area contributed by atoms with Gasteiger partial charge in [0.2, 0.25) is 11.8 Å². The summed E-state index contributed by atoms with van der Waals surface area (Å²) < 4.78 is 12.0. The highest BCUT2D eigenvalue weighted by Gasteiger charge is 2.56. The molecule has 1 aromatic rings. The second kappa shape index (κ2) is 11.0. The Morgan fingerprint density at radius 1 is 1.24 bits per heavy atom. The van der Waals surface area contributed by atoms with Crippen molar-refractivity contribution < 1.29 is 19.1 Å². The molecule has 6 atom stereocenters. The van der Waals surface area contributed by atoms with Crippen LogP contribution in [0, 0.1) is 17.8 Å². The number of carbonyl (C=O) groups is 2. The number of allylic oxidation sites excluding steroid dienone is 3. The summed E-state index contributed by atoms with van der Waals surface area (Å²) in [5.41, 5.74) is 3.99. The van der Waals surface area contributed by atoms with Crippen molar-refractivity contribution in [3.63, 3.8) is 0 Å². The Bertz CT molecular complexity index is 1090. The Morgan fingerprint density at radius 3 is 2.70 bits per heavy atom. The number of epoxide rings is 1. The summed E-state index contributed by atoms with van der Waals surface area (Å²) in [4.78, 5) is 27.8. The number of hydrogen-bond acceptors (Lipinski definition) is 4. The van der Waals surface area contributed by atoms with E-state index < -0.39 is 0 Å². The fraction of sp³-hybridized carbons (Fsp3) is 0.613. The number of anilines is 1. The number of nitrogens with zero attached hydrogens (tertiary/aromatic N) is 1. The first-order chi connectivity index (χ1) is 17.6. The molecule has 3 aliphatic rings. The number of methoxy groups -OCH3 is 1. The zero-order valence-electron chi connectivity index (χ0n) is 23.6. The van der Waals surface area contributed by atoms with Crippen LogP contribution in [-0.2, 0) is 27.2 Å². The number of amides is 2. The maximum absolute atomic E-state index is 13.4. The van der Waals surface area contributed by atoms with Gasteiger partial charge < -0.3 is 19.7 Å². The number of rotatable bonds is 2. The Kier molecular flexibility index (Phi) is 8.17. The quantitative estimate of drug-likeness (QED) is 0.544. The van der Waals surface area contributed by atoms with Gasteiger partial charge in [0.25, 0.3) is 0 Å². The minimum absolute atomic E-state index is 0.0790. The van der Waals surface area contributed by atoms with Gasteiger partial charge in [0.15, 0.2) is 0 Å². The molecule has 2 saturated heterocycles. The van der Waals surface area contributed by atoms with E-state index in [9.17, 15) is 9.59 Å². The van der Waals surface area contributed by atoms with Crippen LogP contribution in [0.1, 0.15) is 71.4 Å². The molecule has 2 fully saturated rings. The summed E-state index contributed by atoms with van der Waals surface area (Å²) in [6.07, 6.45) is 10.7. The van der Waals surface area contributed by atoms with Crippen molar-refractivity contribution in [3.05, 3.63) is 47.1 Å². The topological polar surface area (TPSA) is 71.2 Å². The second-order valence-corrected chi connectivity index (χ2v) is 11.6. The van der Waals surface area contributed by atoms with Crippen molar-refractivity contribution in [3.8, 4) is 5.75 Å². The number of benzene rings is 1. The molecule has 0 saturated carbocycles. The number of piperidine rings is 1. The average molecular weight is 509 g/mol. The molecule has 6 nitrogen and oxygen atoms in total. The van der Waals surface area contributed by atoms with E-state index in [0.29, 0.717) is 19.3 Å². The first kappa shape index (κ1) is 27.4. The molecule has 3 unspecified atom stereocenters. The monoisotopic (exact) mass is 508 g/mol. The Labute approximate surface area is 222 Å². The van der Waals surface area contributed by atoms with Crippen LogP contribution < -0.4 is 15.0 Å². The van der Waals surface area contributed by atoms with Crippen LogP contribution in [0.3, 0.4) is 0 Å². The summed E-state index contributed by atoms with van der Waals surface area (Å²) in [5.74, 6) is 1.81. The number of hydrogen-bond donors (Lipinski definition) is 1. The summed E-state index contributed by atoms with van der Waals surface area (Å²) in [6.45, 7) is 10.7. The summed E-state index contributed by atoms with van der Waals surface area (Å²) >= 11 is 0. The SMILES string of the molecule is CCc1c(OC)cc2cc1N(C)C(=O)CC[C@]1(C)O[C@H]1[C@H](C)C1CC(=O)NC(C1)C(C)/C=C/C=C(\C)C2. The van der Waals surface area contributed by atoms with E-state index in [1.807, 2.05) is 7.05 Å². The van der Waals surface area contributed by atoms with E-state index in [4.69, 9.17) is 9.47 Å². The zero-order chi connectivity index (χ0) is 26.9. The number of ether oxygens (including phenoxy) is 2. The Hall–Kier alpha value is -2.60. The van der Waals surface area contributed by atoms with Crippen molar-refractivity contribution in [2.24, 2.45) is 17.8 Å². The van der Waals surface area contributed by atoms with Gasteiger partial charge in [-0.25, -0.2) is 0 Å². The third kappa shape index (κ3) is 5.95. The molecule has 4 bridgehead atoms. The van der Waals surface area contributed by atoms with E-state index in [-0.39, 0.29) is 47.3 Å². The van der Waals surface area contributed by atoms with Gasteiger partial charge in [-0.15, -0.1) is 0 Å². The van der Waals surface area contributed by atoms with Crippen LogP contribution in [0.5, 0.6) is 5.75 Å². The first-order valence-corrected chi connectivity index (χ1v) is 13.8. The molecule has 4 rings (SSSR count). The molecule has 2 amide bonds. The molecule has 1 N–H and O–H groups in total. The molecule has 6 heteroatoms. The minimum Gasteiger partial charge on any atom is -0.496 e. The number of nitrogens with one attached hydrogen (secondary N) is 1. The van der Waals surface area contributed by atoms with Crippen LogP contribution in [0.4, 0.5) is 5.69 Å². The molecule has 3 aliphatic heterocycles. The van der Waals surface area contributed by atoms with E-state index in [0.717, 1.165) is 41.8 Å². The maximum Gasteiger partial charge on any atom is 0.226 e. The van der Waals surface area contributed by atoms with Crippen LogP contribution in [0.2, 0.25) is 0 Å². The van der Waals surface area contributed by atoms with Gasteiger partial charge >= 0.3 is 0 Å². The largest absolute Gasteiger partial charge is 0.496 e. The third-order valence-corrected chi connectivity index (χ3v) is 8.82. The highest BCUT2D eigenvalue weighted by Crippen LogP contribution is 2.48. The maximum atomic E-state index is 13.4. The summed E-state index contributed by atoms with van der Waals surface area (Å²) in [5, 5.41) is 3.22. The molecule has 0 spiro atoms. The average Bonchev–Trinajstić information content (AvgIpc) is 3.55. The smallest absolute Gasteiger partial charge is 0.226 e. The molecule has 0 aliphatic carbocycles. The van der Waals surface area contributed by atoms with Crippen molar-refractivity contribution in [2.45, 2.75) is 90.9 Å². The van der Waals surface area contributed by atoms with Gasteiger partial charge in [0, 0.05) is 31.5 Å². The molecule has 0 aromatic heterocycles. The Morgan fingerprint density at radius 2 is 2.00 bits per heavy atom. The second-order valence-electron chi connectivity index (χ2n) is 11.6. The highest BCUT2D eigenvalue weighted by molar-refractivity contribution is 5.94. The van der Waals surface area contributed by atoms with Crippen LogP contribution in [0.15, 0.2) is 35.9 Å². The summed E-state index contributed by atoms with van der Waals surface area (Å²) in [6, 6.07) is 4.35. The van der Waals surface area contributed by atoms with Gasteiger partial charge in [0.05, 0.1) is 24.5 Å². The highest BCUT2D eigenvalue weighted by atomic mass is 16.6. The van der Waals surface area contributed by atoms with Crippen molar-refractivity contribution in [1.29, 1.82) is 0 Å². The lowest BCUT2D eigenvalue weighted by atomic mass is 9.76. The fourth-order valence-corrected chi connectivity index (χ4v) is 6.28. The molecular formula is C31H44N2O4.